The second kappa shape index (κ2) is 22.2. The van der Waals surface area contributed by atoms with E-state index in [0.717, 1.165) is 6.42 Å². The molecule has 0 aliphatic rings. The summed E-state index contributed by atoms with van der Waals surface area (Å²) < 4.78 is 5.66. The zero-order valence-corrected chi connectivity index (χ0v) is 20.6. The second-order valence-electron chi connectivity index (χ2n) is 9.33. The van der Waals surface area contributed by atoms with E-state index in [2.05, 4.69) is 20.8 Å². The summed E-state index contributed by atoms with van der Waals surface area (Å²) in [7, 11) is 0. The van der Waals surface area contributed by atoms with E-state index in [0.29, 0.717) is 12.5 Å². The van der Waals surface area contributed by atoms with E-state index in [-0.39, 0.29) is 11.9 Å². The summed E-state index contributed by atoms with van der Waals surface area (Å²) in [6.07, 6.45) is 25.3. The molecule has 0 saturated carbocycles. The summed E-state index contributed by atoms with van der Waals surface area (Å²) in [6, 6.07) is 0. The van der Waals surface area contributed by atoms with Gasteiger partial charge in [0.1, 0.15) is 0 Å². The van der Waals surface area contributed by atoms with Crippen LogP contribution in [-0.4, -0.2) is 12.6 Å². The van der Waals surface area contributed by atoms with E-state index in [4.69, 9.17) is 4.74 Å². The van der Waals surface area contributed by atoms with Gasteiger partial charge in [0.2, 0.25) is 0 Å². The van der Waals surface area contributed by atoms with Crippen molar-refractivity contribution in [2.45, 2.75) is 150 Å². The highest BCUT2D eigenvalue weighted by Gasteiger charge is 2.16. The van der Waals surface area contributed by atoms with Gasteiger partial charge >= 0.3 is 5.97 Å². The van der Waals surface area contributed by atoms with Gasteiger partial charge < -0.3 is 4.74 Å². The third kappa shape index (κ3) is 19.2. The van der Waals surface area contributed by atoms with Crippen LogP contribution in [0.4, 0.5) is 0 Å². The number of hydrogen-bond acceptors (Lipinski definition) is 2. The molecule has 0 aliphatic heterocycles. The summed E-state index contributed by atoms with van der Waals surface area (Å²) in [5, 5.41) is 0. The van der Waals surface area contributed by atoms with Gasteiger partial charge in [-0.3, -0.25) is 4.79 Å². The second-order valence-corrected chi connectivity index (χ2v) is 9.33. The Morgan fingerprint density at radius 1 is 0.621 bits per heavy atom. The van der Waals surface area contributed by atoms with Crippen LogP contribution in [0.5, 0.6) is 0 Å². The van der Waals surface area contributed by atoms with Crippen molar-refractivity contribution in [1.29, 1.82) is 0 Å². The van der Waals surface area contributed by atoms with Crippen LogP contribution < -0.4 is 0 Å². The maximum Gasteiger partial charge on any atom is 0.308 e. The summed E-state index contributed by atoms with van der Waals surface area (Å²) in [5.74, 6) is 0.620. The predicted octanol–water partition coefficient (Wildman–Crippen LogP) is 9.25. The van der Waals surface area contributed by atoms with E-state index >= 15 is 0 Å². The minimum absolute atomic E-state index is 0.00384. The number of ether oxygens (including phenoxy) is 1. The lowest BCUT2D eigenvalue weighted by atomic mass is 9.94. The van der Waals surface area contributed by atoms with Gasteiger partial charge in [0.05, 0.1) is 12.5 Å². The summed E-state index contributed by atoms with van der Waals surface area (Å²) >= 11 is 0. The molecule has 29 heavy (non-hydrogen) atoms. The molecule has 0 radical (unpaired) electrons. The average molecular weight is 411 g/mol. The van der Waals surface area contributed by atoms with Crippen LogP contribution in [0, 0.1) is 11.8 Å². The standard InChI is InChI=1S/C27H54O2/c1-5-8-10-12-14-15-17-19-21-23-26(24-29-27(28)25(4)7-3)22-20-18-16-13-11-9-6-2/h25-26H,5-24H2,1-4H3. The van der Waals surface area contributed by atoms with Crippen molar-refractivity contribution < 1.29 is 9.53 Å². The molecule has 2 unspecified atom stereocenters. The molecule has 0 bridgehead atoms. The Morgan fingerprint density at radius 2 is 1.00 bits per heavy atom. The van der Waals surface area contributed by atoms with Crippen molar-refractivity contribution >= 4 is 5.97 Å². The largest absolute Gasteiger partial charge is 0.465 e. The first-order chi connectivity index (χ1) is 14.2. The highest BCUT2D eigenvalue weighted by atomic mass is 16.5. The van der Waals surface area contributed by atoms with Gasteiger partial charge in [0, 0.05) is 0 Å². The van der Waals surface area contributed by atoms with Crippen molar-refractivity contribution in [3.05, 3.63) is 0 Å². The lowest BCUT2D eigenvalue weighted by Gasteiger charge is -2.18. The highest BCUT2D eigenvalue weighted by Crippen LogP contribution is 2.21. The van der Waals surface area contributed by atoms with Crippen LogP contribution in [0.2, 0.25) is 0 Å². The van der Waals surface area contributed by atoms with E-state index in [1.54, 1.807) is 0 Å². The van der Waals surface area contributed by atoms with Crippen LogP contribution in [0.3, 0.4) is 0 Å². The fraction of sp³-hybridized carbons (Fsp3) is 0.963. The number of carbonyl (C=O) groups excluding carboxylic acids is 1. The van der Waals surface area contributed by atoms with Gasteiger partial charge in [-0.1, -0.05) is 130 Å². The molecule has 0 aromatic heterocycles. The summed E-state index contributed by atoms with van der Waals surface area (Å²) in [5.41, 5.74) is 0. The molecule has 2 heteroatoms. The van der Waals surface area contributed by atoms with Crippen molar-refractivity contribution in [2.24, 2.45) is 11.8 Å². The molecule has 0 aromatic rings. The number of unbranched alkanes of at least 4 members (excludes halogenated alkanes) is 14. The molecule has 0 spiro atoms. The zero-order chi connectivity index (χ0) is 21.6. The van der Waals surface area contributed by atoms with Crippen molar-refractivity contribution in [3.8, 4) is 0 Å². The highest BCUT2D eigenvalue weighted by molar-refractivity contribution is 5.71. The van der Waals surface area contributed by atoms with E-state index < -0.39 is 0 Å². The first-order valence-corrected chi connectivity index (χ1v) is 13.3. The quantitative estimate of drug-likeness (QED) is 0.131. The zero-order valence-electron chi connectivity index (χ0n) is 20.6. The molecule has 0 saturated heterocycles. The average Bonchev–Trinajstić information content (AvgIpc) is 2.74. The number of esters is 1. The minimum atomic E-state index is 0.00384. The van der Waals surface area contributed by atoms with Crippen LogP contribution in [-0.2, 0) is 9.53 Å². The molecule has 0 aromatic carbocycles. The molecule has 174 valence electrons. The van der Waals surface area contributed by atoms with Gasteiger partial charge in [-0.25, -0.2) is 0 Å². The Balaban J connectivity index is 3.97. The minimum Gasteiger partial charge on any atom is -0.465 e. The van der Waals surface area contributed by atoms with Crippen LogP contribution in [0.25, 0.3) is 0 Å². The Hall–Kier alpha value is -0.530. The third-order valence-corrected chi connectivity index (χ3v) is 6.41. The molecule has 2 atom stereocenters. The van der Waals surface area contributed by atoms with Crippen molar-refractivity contribution in [3.63, 3.8) is 0 Å². The SMILES string of the molecule is CCCCCCCCCCCC(CCCCCCCCC)COC(=O)C(C)CC. The lowest BCUT2D eigenvalue weighted by Crippen LogP contribution is -2.19. The lowest BCUT2D eigenvalue weighted by molar-refractivity contribution is -0.149. The molecule has 0 heterocycles. The molecule has 0 aliphatic carbocycles. The Kier molecular flexibility index (Phi) is 21.8. The molecular formula is C27H54O2. The van der Waals surface area contributed by atoms with Gasteiger partial charge in [-0.05, 0) is 25.2 Å². The first-order valence-electron chi connectivity index (χ1n) is 13.3. The first kappa shape index (κ1) is 28.5. The summed E-state index contributed by atoms with van der Waals surface area (Å²) in [6.45, 7) is 9.25. The fourth-order valence-corrected chi connectivity index (χ4v) is 3.95. The van der Waals surface area contributed by atoms with Gasteiger partial charge in [0.15, 0.2) is 0 Å². The van der Waals surface area contributed by atoms with E-state index in [1.165, 1.54) is 116 Å². The maximum absolute atomic E-state index is 12.1. The molecule has 0 fully saturated rings. The van der Waals surface area contributed by atoms with Gasteiger partial charge in [-0.2, -0.15) is 0 Å². The van der Waals surface area contributed by atoms with Crippen molar-refractivity contribution in [2.75, 3.05) is 6.61 Å². The number of carbonyl (C=O) groups is 1. The smallest absolute Gasteiger partial charge is 0.308 e. The fourth-order valence-electron chi connectivity index (χ4n) is 3.95. The monoisotopic (exact) mass is 410 g/mol. The molecule has 0 rings (SSSR count). The third-order valence-electron chi connectivity index (χ3n) is 6.41. The summed E-state index contributed by atoms with van der Waals surface area (Å²) in [4.78, 5) is 12.1. The number of hydrogen-bond donors (Lipinski definition) is 0. The number of rotatable bonds is 22. The topological polar surface area (TPSA) is 26.3 Å². The normalized spacial score (nSPS) is 13.4. The Labute approximate surface area is 184 Å². The van der Waals surface area contributed by atoms with Crippen molar-refractivity contribution in [1.82, 2.24) is 0 Å². The van der Waals surface area contributed by atoms with Gasteiger partial charge in [-0.15, -0.1) is 0 Å². The molecule has 2 nitrogen and oxygen atoms in total. The van der Waals surface area contributed by atoms with Gasteiger partial charge in [0.25, 0.3) is 0 Å². The Bertz CT molecular complexity index is 339. The van der Waals surface area contributed by atoms with Crippen LogP contribution in [0.15, 0.2) is 0 Å². The molecule has 0 N–H and O–H groups in total. The maximum atomic E-state index is 12.1. The van der Waals surface area contributed by atoms with Crippen LogP contribution >= 0.6 is 0 Å². The Morgan fingerprint density at radius 3 is 1.38 bits per heavy atom. The molecular weight excluding hydrogens is 356 g/mol. The van der Waals surface area contributed by atoms with E-state index in [1.807, 2.05) is 6.92 Å². The van der Waals surface area contributed by atoms with E-state index in [9.17, 15) is 4.79 Å². The molecule has 0 amide bonds. The van der Waals surface area contributed by atoms with Crippen LogP contribution in [0.1, 0.15) is 150 Å². The predicted molar refractivity (Wildman–Crippen MR) is 128 cm³/mol.